The van der Waals surface area contributed by atoms with E-state index in [1.165, 1.54) is 11.1 Å². The van der Waals surface area contributed by atoms with Crippen LogP contribution in [0.3, 0.4) is 0 Å². The van der Waals surface area contributed by atoms with Crippen LogP contribution < -0.4 is 5.32 Å². The summed E-state index contributed by atoms with van der Waals surface area (Å²) in [6, 6.07) is 21.5. The Morgan fingerprint density at radius 3 is 2.19 bits per heavy atom. The number of nitrogens with zero attached hydrogens (tertiary/aromatic N) is 1. The Hall–Kier alpha value is -1.64. The maximum atomic E-state index is 3.32. The molecule has 1 N–H and O–H groups in total. The molecule has 0 aliphatic rings. The lowest BCUT2D eigenvalue weighted by atomic mass is 9.98. The molecule has 112 valence electrons. The summed E-state index contributed by atoms with van der Waals surface area (Å²) in [4.78, 5) is 2.43. The number of rotatable bonds is 8. The monoisotopic (exact) mass is 282 g/mol. The second kappa shape index (κ2) is 8.60. The summed E-state index contributed by atoms with van der Waals surface area (Å²) in [5.74, 6) is 0.539. The van der Waals surface area contributed by atoms with Gasteiger partial charge in [0, 0.05) is 25.6 Å². The van der Waals surface area contributed by atoms with Gasteiger partial charge in [-0.1, -0.05) is 60.7 Å². The predicted molar refractivity (Wildman–Crippen MR) is 90.8 cm³/mol. The van der Waals surface area contributed by atoms with Gasteiger partial charge >= 0.3 is 0 Å². The van der Waals surface area contributed by atoms with Crippen molar-refractivity contribution in [2.75, 3.05) is 33.7 Å². The van der Waals surface area contributed by atoms with E-state index in [4.69, 9.17) is 0 Å². The van der Waals surface area contributed by atoms with Crippen LogP contribution in [0, 0.1) is 0 Å². The van der Waals surface area contributed by atoms with Gasteiger partial charge in [-0.15, -0.1) is 0 Å². The fourth-order valence-electron chi connectivity index (χ4n) is 2.69. The average molecular weight is 282 g/mol. The molecule has 0 aliphatic heterocycles. The molecule has 2 aromatic rings. The zero-order chi connectivity index (χ0) is 14.9. The quantitative estimate of drug-likeness (QED) is 0.800. The van der Waals surface area contributed by atoms with Crippen molar-refractivity contribution in [1.82, 2.24) is 10.2 Å². The lowest BCUT2D eigenvalue weighted by Crippen LogP contribution is -2.31. The summed E-state index contributed by atoms with van der Waals surface area (Å²) in [6.45, 7) is 3.19. The van der Waals surface area contributed by atoms with Crippen molar-refractivity contribution in [2.24, 2.45) is 0 Å². The zero-order valence-corrected chi connectivity index (χ0v) is 13.1. The van der Waals surface area contributed by atoms with E-state index in [0.29, 0.717) is 5.92 Å². The Kier molecular flexibility index (Phi) is 6.45. The smallest absolute Gasteiger partial charge is 0.00908 e. The molecule has 0 saturated heterocycles. The Balaban J connectivity index is 1.88. The maximum absolute atomic E-state index is 3.32. The summed E-state index contributed by atoms with van der Waals surface area (Å²) in [5, 5.41) is 3.32. The second-order valence-electron chi connectivity index (χ2n) is 5.66. The maximum Gasteiger partial charge on any atom is 0.00908 e. The molecule has 2 aromatic carbocycles. The highest BCUT2D eigenvalue weighted by molar-refractivity contribution is 5.20. The summed E-state index contributed by atoms with van der Waals surface area (Å²) >= 11 is 0. The largest absolute Gasteiger partial charge is 0.319 e. The first-order valence-electron chi connectivity index (χ1n) is 7.71. The Morgan fingerprint density at radius 2 is 1.57 bits per heavy atom. The Bertz CT molecular complexity index is 495. The Labute approximate surface area is 128 Å². The topological polar surface area (TPSA) is 15.3 Å². The SMILES string of the molecule is CNCC(CN(C)CCc1ccccc1)c1ccccc1. The molecule has 0 bridgehead atoms. The lowest BCUT2D eigenvalue weighted by molar-refractivity contribution is 0.311. The van der Waals surface area contributed by atoms with E-state index in [1.54, 1.807) is 0 Å². The van der Waals surface area contributed by atoms with E-state index in [1.807, 2.05) is 7.05 Å². The fourth-order valence-corrected chi connectivity index (χ4v) is 2.69. The van der Waals surface area contributed by atoms with Gasteiger partial charge in [0.15, 0.2) is 0 Å². The number of nitrogens with one attached hydrogen (secondary N) is 1. The van der Waals surface area contributed by atoms with E-state index in [0.717, 1.165) is 26.1 Å². The van der Waals surface area contributed by atoms with Gasteiger partial charge in [-0.25, -0.2) is 0 Å². The third-order valence-corrected chi connectivity index (χ3v) is 3.88. The van der Waals surface area contributed by atoms with Gasteiger partial charge in [-0.3, -0.25) is 0 Å². The van der Waals surface area contributed by atoms with Crippen LogP contribution in [-0.2, 0) is 6.42 Å². The summed E-state index contributed by atoms with van der Waals surface area (Å²) in [7, 11) is 4.24. The number of hydrogen-bond acceptors (Lipinski definition) is 2. The highest BCUT2D eigenvalue weighted by Gasteiger charge is 2.13. The van der Waals surface area contributed by atoms with Gasteiger partial charge in [0.1, 0.15) is 0 Å². The third-order valence-electron chi connectivity index (χ3n) is 3.88. The summed E-state index contributed by atoms with van der Waals surface area (Å²) in [5.41, 5.74) is 2.83. The van der Waals surface area contributed by atoms with Crippen molar-refractivity contribution in [3.05, 3.63) is 71.8 Å². The van der Waals surface area contributed by atoms with E-state index < -0.39 is 0 Å². The minimum absolute atomic E-state index is 0.539. The molecule has 0 saturated carbocycles. The van der Waals surface area contributed by atoms with Crippen molar-refractivity contribution in [1.29, 1.82) is 0 Å². The molecule has 0 amide bonds. The molecule has 0 aliphatic carbocycles. The van der Waals surface area contributed by atoms with Crippen LogP contribution in [-0.4, -0.2) is 38.6 Å². The standard InChI is InChI=1S/C19H26N2/c1-20-15-19(18-11-7-4-8-12-18)16-21(2)14-13-17-9-5-3-6-10-17/h3-12,19-20H,13-16H2,1-2H3. The van der Waals surface area contributed by atoms with Crippen LogP contribution in [0.15, 0.2) is 60.7 Å². The number of likely N-dealkylation sites (N-methyl/N-ethyl adjacent to an activating group) is 2. The molecule has 2 rings (SSSR count). The number of hydrogen-bond donors (Lipinski definition) is 1. The first kappa shape index (κ1) is 15.7. The normalized spacial score (nSPS) is 12.5. The second-order valence-corrected chi connectivity index (χ2v) is 5.66. The minimum Gasteiger partial charge on any atom is -0.319 e. The van der Waals surface area contributed by atoms with Crippen LogP contribution in [0.4, 0.5) is 0 Å². The lowest BCUT2D eigenvalue weighted by Gasteiger charge is -2.24. The summed E-state index contributed by atoms with van der Waals surface area (Å²) in [6.07, 6.45) is 1.11. The molecule has 0 spiro atoms. The van der Waals surface area contributed by atoms with Crippen LogP contribution in [0.1, 0.15) is 17.0 Å². The summed E-state index contributed by atoms with van der Waals surface area (Å²) < 4.78 is 0. The molecule has 2 heteroatoms. The molecule has 0 aromatic heterocycles. The van der Waals surface area contributed by atoms with Crippen LogP contribution in [0.5, 0.6) is 0 Å². The van der Waals surface area contributed by atoms with Gasteiger partial charge in [-0.05, 0) is 31.6 Å². The number of benzene rings is 2. The van der Waals surface area contributed by atoms with Gasteiger partial charge in [-0.2, -0.15) is 0 Å². The van der Waals surface area contributed by atoms with Crippen LogP contribution >= 0.6 is 0 Å². The molecule has 2 nitrogen and oxygen atoms in total. The molecule has 21 heavy (non-hydrogen) atoms. The van der Waals surface area contributed by atoms with Crippen molar-refractivity contribution in [3.63, 3.8) is 0 Å². The van der Waals surface area contributed by atoms with E-state index in [2.05, 4.69) is 77.9 Å². The molecule has 0 fully saturated rings. The first-order valence-corrected chi connectivity index (χ1v) is 7.71. The van der Waals surface area contributed by atoms with Crippen molar-refractivity contribution in [3.8, 4) is 0 Å². The van der Waals surface area contributed by atoms with Crippen molar-refractivity contribution in [2.45, 2.75) is 12.3 Å². The molecule has 0 radical (unpaired) electrons. The highest BCUT2D eigenvalue weighted by Crippen LogP contribution is 2.16. The van der Waals surface area contributed by atoms with Gasteiger partial charge in [0.2, 0.25) is 0 Å². The van der Waals surface area contributed by atoms with E-state index >= 15 is 0 Å². The first-order chi connectivity index (χ1) is 10.3. The molecule has 0 heterocycles. The predicted octanol–water partition coefficient (Wildman–Crippen LogP) is 3.16. The van der Waals surface area contributed by atoms with E-state index in [9.17, 15) is 0 Å². The van der Waals surface area contributed by atoms with Crippen molar-refractivity contribution < 1.29 is 0 Å². The zero-order valence-electron chi connectivity index (χ0n) is 13.1. The van der Waals surface area contributed by atoms with Crippen LogP contribution in [0.2, 0.25) is 0 Å². The molecule has 1 unspecified atom stereocenters. The van der Waals surface area contributed by atoms with Gasteiger partial charge in [0.25, 0.3) is 0 Å². The average Bonchev–Trinajstić information content (AvgIpc) is 2.54. The molecular formula is C19H26N2. The third kappa shape index (κ3) is 5.33. The van der Waals surface area contributed by atoms with Gasteiger partial charge in [0.05, 0.1) is 0 Å². The van der Waals surface area contributed by atoms with Gasteiger partial charge < -0.3 is 10.2 Å². The Morgan fingerprint density at radius 1 is 0.952 bits per heavy atom. The molecular weight excluding hydrogens is 256 g/mol. The molecule has 1 atom stereocenters. The highest BCUT2D eigenvalue weighted by atomic mass is 15.1. The fraction of sp³-hybridized carbons (Fsp3) is 0.368. The van der Waals surface area contributed by atoms with Crippen LogP contribution in [0.25, 0.3) is 0 Å². The minimum atomic E-state index is 0.539. The van der Waals surface area contributed by atoms with E-state index in [-0.39, 0.29) is 0 Å². The van der Waals surface area contributed by atoms with Crippen molar-refractivity contribution >= 4 is 0 Å².